The van der Waals surface area contributed by atoms with Crippen molar-refractivity contribution in [3.63, 3.8) is 0 Å². The predicted octanol–water partition coefficient (Wildman–Crippen LogP) is 2.57. The molecule has 1 amide bonds. The monoisotopic (exact) mass is 311 g/mol. The number of amides is 1. The maximum Gasteiger partial charge on any atom is 0.253 e. The fraction of sp³-hybridized carbons (Fsp3) is 0.562. The first-order valence-electron chi connectivity index (χ1n) is 7.44. The van der Waals surface area contributed by atoms with E-state index in [9.17, 15) is 15.0 Å². The Hall–Kier alpha value is -1.10. The molecular formula is C16H22ClNO3. The van der Waals surface area contributed by atoms with Gasteiger partial charge in [0.2, 0.25) is 0 Å². The molecule has 0 unspecified atom stereocenters. The summed E-state index contributed by atoms with van der Waals surface area (Å²) >= 11 is 5.97. The van der Waals surface area contributed by atoms with Crippen LogP contribution in [0.3, 0.4) is 0 Å². The molecule has 0 spiro atoms. The summed E-state index contributed by atoms with van der Waals surface area (Å²) in [5, 5.41) is 23.5. The van der Waals surface area contributed by atoms with Crippen LogP contribution in [0.4, 0.5) is 0 Å². The molecule has 4 nitrogen and oxygen atoms in total. The van der Waals surface area contributed by atoms with Crippen LogP contribution in [0.2, 0.25) is 5.02 Å². The molecule has 1 fully saturated rings. The van der Waals surface area contributed by atoms with Crippen molar-refractivity contribution in [2.45, 2.75) is 50.2 Å². The highest BCUT2D eigenvalue weighted by Crippen LogP contribution is 2.27. The number of carbonyl (C=O) groups excluding carboxylic acids is 1. The molecule has 0 saturated heterocycles. The Balaban J connectivity index is 1.93. The molecule has 2 rings (SSSR count). The second kappa shape index (κ2) is 7.25. The first-order chi connectivity index (χ1) is 10.0. The number of halogens is 1. The zero-order valence-electron chi connectivity index (χ0n) is 12.0. The van der Waals surface area contributed by atoms with Crippen LogP contribution in [0.15, 0.2) is 24.3 Å². The van der Waals surface area contributed by atoms with Crippen LogP contribution < -0.4 is 5.32 Å². The van der Waals surface area contributed by atoms with Crippen molar-refractivity contribution in [1.29, 1.82) is 0 Å². The zero-order valence-corrected chi connectivity index (χ0v) is 12.8. The van der Waals surface area contributed by atoms with Crippen molar-refractivity contribution in [2.75, 3.05) is 6.54 Å². The van der Waals surface area contributed by atoms with Gasteiger partial charge in [-0.3, -0.25) is 4.79 Å². The van der Waals surface area contributed by atoms with Gasteiger partial charge in [-0.25, -0.2) is 0 Å². The third kappa shape index (κ3) is 4.43. The number of rotatable bonds is 4. The van der Waals surface area contributed by atoms with E-state index in [4.69, 9.17) is 11.6 Å². The second-order valence-electron chi connectivity index (χ2n) is 5.78. The molecule has 5 heteroatoms. The van der Waals surface area contributed by atoms with Gasteiger partial charge in [0.1, 0.15) is 0 Å². The largest absolute Gasteiger partial charge is 0.388 e. The van der Waals surface area contributed by atoms with E-state index in [-0.39, 0.29) is 6.54 Å². The summed E-state index contributed by atoms with van der Waals surface area (Å²) in [7, 11) is 0. The summed E-state index contributed by atoms with van der Waals surface area (Å²) in [6.45, 7) is 0.174. The number of hydrogen-bond donors (Lipinski definition) is 3. The van der Waals surface area contributed by atoms with Gasteiger partial charge in [0.25, 0.3) is 5.91 Å². The molecule has 1 saturated carbocycles. The number of aliphatic hydroxyl groups is 2. The van der Waals surface area contributed by atoms with Crippen molar-refractivity contribution in [3.05, 3.63) is 34.9 Å². The molecular weight excluding hydrogens is 290 g/mol. The summed E-state index contributed by atoms with van der Waals surface area (Å²) in [6.07, 6.45) is 4.26. The predicted molar refractivity (Wildman–Crippen MR) is 82.1 cm³/mol. The molecule has 1 aromatic carbocycles. The van der Waals surface area contributed by atoms with E-state index in [0.717, 1.165) is 25.7 Å². The van der Waals surface area contributed by atoms with Crippen molar-refractivity contribution >= 4 is 17.5 Å². The average molecular weight is 312 g/mol. The summed E-state index contributed by atoms with van der Waals surface area (Å²) in [5.74, 6) is -0.527. The number of carbonyl (C=O) groups is 1. The molecule has 21 heavy (non-hydrogen) atoms. The van der Waals surface area contributed by atoms with Gasteiger partial charge in [0.15, 0.2) is 6.10 Å². The van der Waals surface area contributed by atoms with Gasteiger partial charge < -0.3 is 15.5 Å². The van der Waals surface area contributed by atoms with Crippen molar-refractivity contribution in [2.24, 2.45) is 0 Å². The van der Waals surface area contributed by atoms with Crippen LogP contribution in [0.1, 0.15) is 50.2 Å². The molecule has 0 aliphatic heterocycles. The molecule has 1 aromatic rings. The van der Waals surface area contributed by atoms with E-state index in [1.54, 1.807) is 24.3 Å². The summed E-state index contributed by atoms with van der Waals surface area (Å²) in [6, 6.07) is 6.71. The van der Waals surface area contributed by atoms with Gasteiger partial charge in [-0.2, -0.15) is 0 Å². The van der Waals surface area contributed by atoms with Gasteiger partial charge in [-0.15, -0.1) is 0 Å². The van der Waals surface area contributed by atoms with Gasteiger partial charge in [0, 0.05) is 17.1 Å². The van der Waals surface area contributed by atoms with Gasteiger partial charge in [-0.1, -0.05) is 55.5 Å². The van der Waals surface area contributed by atoms with Crippen LogP contribution in [0, 0.1) is 0 Å². The average Bonchev–Trinajstić information content (AvgIpc) is 2.70. The minimum atomic E-state index is -1.31. The van der Waals surface area contributed by atoms with Crippen LogP contribution in [0.25, 0.3) is 0 Å². The Kier molecular flexibility index (Phi) is 5.62. The Morgan fingerprint density at radius 1 is 1.24 bits per heavy atom. The zero-order chi connectivity index (χ0) is 15.3. The molecule has 3 N–H and O–H groups in total. The molecule has 1 atom stereocenters. The van der Waals surface area contributed by atoms with Crippen LogP contribution in [0.5, 0.6) is 0 Å². The highest BCUT2D eigenvalue weighted by Gasteiger charge is 2.29. The lowest BCUT2D eigenvalue weighted by atomic mass is 9.94. The lowest BCUT2D eigenvalue weighted by molar-refractivity contribution is -0.131. The minimum Gasteiger partial charge on any atom is -0.388 e. The highest BCUT2D eigenvalue weighted by molar-refractivity contribution is 6.31. The number of hydrogen-bond acceptors (Lipinski definition) is 3. The van der Waals surface area contributed by atoms with Gasteiger partial charge >= 0.3 is 0 Å². The van der Waals surface area contributed by atoms with Crippen molar-refractivity contribution in [3.8, 4) is 0 Å². The standard InChI is InChI=1S/C16H22ClNO3/c17-13-8-4-3-7-12(13)14(19)15(20)18-11-16(21)9-5-1-2-6-10-16/h3-4,7-8,14,19,21H,1-2,5-6,9-11H2,(H,18,20)/t14-/m1/s1. The topological polar surface area (TPSA) is 69.6 Å². The lowest BCUT2D eigenvalue weighted by Gasteiger charge is -2.27. The second-order valence-corrected chi connectivity index (χ2v) is 6.19. The summed E-state index contributed by atoms with van der Waals surface area (Å²) in [5.41, 5.74) is -0.476. The third-order valence-electron chi connectivity index (χ3n) is 4.07. The van der Waals surface area contributed by atoms with E-state index in [1.807, 2.05) is 0 Å². The van der Waals surface area contributed by atoms with Gasteiger partial charge in [0.05, 0.1) is 5.60 Å². The Morgan fingerprint density at radius 3 is 2.48 bits per heavy atom. The number of benzene rings is 1. The smallest absolute Gasteiger partial charge is 0.253 e. The molecule has 116 valence electrons. The Bertz CT molecular complexity index is 484. The highest BCUT2D eigenvalue weighted by atomic mass is 35.5. The first-order valence-corrected chi connectivity index (χ1v) is 7.82. The van der Waals surface area contributed by atoms with E-state index in [0.29, 0.717) is 23.4 Å². The number of aliphatic hydroxyl groups excluding tert-OH is 1. The molecule has 1 aliphatic carbocycles. The fourth-order valence-electron chi connectivity index (χ4n) is 2.75. The maximum atomic E-state index is 12.0. The van der Waals surface area contributed by atoms with Crippen LogP contribution in [-0.2, 0) is 4.79 Å². The quantitative estimate of drug-likeness (QED) is 0.749. The first kappa shape index (κ1) is 16.3. The van der Waals surface area contributed by atoms with E-state index in [1.165, 1.54) is 0 Å². The van der Waals surface area contributed by atoms with E-state index >= 15 is 0 Å². The number of nitrogens with one attached hydrogen (secondary N) is 1. The van der Waals surface area contributed by atoms with Gasteiger partial charge in [-0.05, 0) is 18.9 Å². The minimum absolute atomic E-state index is 0.174. The van der Waals surface area contributed by atoms with E-state index in [2.05, 4.69) is 5.32 Å². The van der Waals surface area contributed by atoms with Crippen molar-refractivity contribution < 1.29 is 15.0 Å². The normalized spacial score (nSPS) is 19.6. The molecule has 0 radical (unpaired) electrons. The van der Waals surface area contributed by atoms with Crippen molar-refractivity contribution in [1.82, 2.24) is 5.32 Å². The molecule has 1 aliphatic rings. The Labute approximate surface area is 130 Å². The SMILES string of the molecule is O=C(NCC1(O)CCCCCC1)[C@H](O)c1ccccc1Cl. The molecule has 0 heterocycles. The maximum absolute atomic E-state index is 12.0. The van der Waals surface area contributed by atoms with Crippen LogP contribution >= 0.6 is 11.6 Å². The molecule has 0 aromatic heterocycles. The Morgan fingerprint density at radius 2 is 1.86 bits per heavy atom. The summed E-state index contributed by atoms with van der Waals surface area (Å²) < 4.78 is 0. The third-order valence-corrected chi connectivity index (χ3v) is 4.42. The van der Waals surface area contributed by atoms with E-state index < -0.39 is 17.6 Å². The lowest BCUT2D eigenvalue weighted by Crippen LogP contribution is -2.44. The fourth-order valence-corrected chi connectivity index (χ4v) is 2.99. The van der Waals surface area contributed by atoms with Crippen LogP contribution in [-0.4, -0.2) is 28.3 Å². The molecule has 0 bridgehead atoms. The summed E-state index contributed by atoms with van der Waals surface area (Å²) in [4.78, 5) is 12.0.